The molecule has 0 aliphatic heterocycles. The third kappa shape index (κ3) is 5.58. The summed E-state index contributed by atoms with van der Waals surface area (Å²) in [6, 6.07) is 3.75. The van der Waals surface area contributed by atoms with Gasteiger partial charge in [-0.3, -0.25) is 4.68 Å². The molecule has 0 aliphatic carbocycles. The van der Waals surface area contributed by atoms with Crippen molar-refractivity contribution in [1.29, 1.82) is 0 Å². The predicted molar refractivity (Wildman–Crippen MR) is 100 cm³/mol. The fourth-order valence-electron chi connectivity index (χ4n) is 2.88. The topological polar surface area (TPSA) is 82.4 Å². The van der Waals surface area contributed by atoms with Crippen molar-refractivity contribution >= 4 is 17.4 Å². The first-order valence-electron chi connectivity index (χ1n) is 8.25. The molecule has 0 saturated heterocycles. The largest absolute Gasteiger partial charge is 0.390 e. The highest BCUT2D eigenvalue weighted by atomic mass is 16.3. The number of rotatable bonds is 6. The van der Waals surface area contributed by atoms with E-state index >= 15 is 0 Å². The molecule has 0 unspecified atom stereocenters. The molecule has 0 radical (unpaired) electrons. The van der Waals surface area contributed by atoms with Crippen LogP contribution in [0.2, 0.25) is 0 Å². The number of aromatic nitrogens is 2. The van der Waals surface area contributed by atoms with Gasteiger partial charge in [0.2, 0.25) is 0 Å². The third-order valence-electron chi connectivity index (χ3n) is 3.78. The zero-order chi connectivity index (χ0) is 18.6. The molecule has 7 nitrogen and oxygen atoms in total. The smallest absolute Gasteiger partial charge is 0.323 e. The van der Waals surface area contributed by atoms with Crippen LogP contribution in [0.3, 0.4) is 0 Å². The van der Waals surface area contributed by atoms with Gasteiger partial charge in [-0.1, -0.05) is 17.7 Å². The second-order valence-electron chi connectivity index (χ2n) is 6.72. The third-order valence-corrected chi connectivity index (χ3v) is 3.78. The van der Waals surface area contributed by atoms with E-state index in [-0.39, 0.29) is 6.03 Å². The molecule has 2 amide bonds. The number of carbonyl (C=O) groups is 1. The van der Waals surface area contributed by atoms with Crippen molar-refractivity contribution < 1.29 is 9.90 Å². The first-order chi connectivity index (χ1) is 11.7. The zero-order valence-corrected chi connectivity index (χ0v) is 15.5. The van der Waals surface area contributed by atoms with Gasteiger partial charge in [0.15, 0.2) is 0 Å². The number of benzene rings is 1. The standard InChI is InChI=1S/C18H27N5O2/c1-12-6-13(2)17(14(3)7-12)21-18(25)20-15-8-19-23(9-15)11-16(24)10-22(4)5/h6-9,16,24H,10-11H2,1-5H3,(H2,20,21,25)/t16-/m0/s1. The van der Waals surface area contributed by atoms with E-state index in [9.17, 15) is 9.90 Å². The lowest BCUT2D eigenvalue weighted by Gasteiger charge is -2.15. The normalized spacial score (nSPS) is 12.3. The summed E-state index contributed by atoms with van der Waals surface area (Å²) >= 11 is 0. The van der Waals surface area contributed by atoms with Crippen molar-refractivity contribution in [1.82, 2.24) is 14.7 Å². The van der Waals surface area contributed by atoms with E-state index in [0.717, 1.165) is 16.8 Å². The molecule has 3 N–H and O–H groups in total. The Labute approximate surface area is 148 Å². The summed E-state index contributed by atoms with van der Waals surface area (Å²) in [4.78, 5) is 14.1. The van der Waals surface area contributed by atoms with Gasteiger partial charge in [-0.2, -0.15) is 5.10 Å². The monoisotopic (exact) mass is 345 g/mol. The van der Waals surface area contributed by atoms with Crippen molar-refractivity contribution in [3.05, 3.63) is 41.2 Å². The number of nitrogens with zero attached hydrogens (tertiary/aromatic N) is 3. The number of likely N-dealkylation sites (N-methyl/N-ethyl adjacent to an activating group) is 1. The van der Waals surface area contributed by atoms with Crippen LogP contribution in [0.5, 0.6) is 0 Å². The van der Waals surface area contributed by atoms with Gasteiger partial charge in [-0.15, -0.1) is 0 Å². The van der Waals surface area contributed by atoms with Gasteiger partial charge in [0.25, 0.3) is 0 Å². The Kier molecular flexibility index (Phi) is 6.17. The summed E-state index contributed by atoms with van der Waals surface area (Å²) in [5.41, 5.74) is 4.61. The van der Waals surface area contributed by atoms with E-state index in [1.165, 1.54) is 5.56 Å². The van der Waals surface area contributed by atoms with Gasteiger partial charge in [0, 0.05) is 18.4 Å². The lowest BCUT2D eigenvalue weighted by molar-refractivity contribution is 0.116. The van der Waals surface area contributed by atoms with Gasteiger partial charge in [-0.25, -0.2) is 4.79 Å². The van der Waals surface area contributed by atoms with Crippen LogP contribution in [-0.4, -0.2) is 52.6 Å². The number of aliphatic hydroxyl groups excluding tert-OH is 1. The Balaban J connectivity index is 1.96. The number of aryl methyl sites for hydroxylation is 3. The maximum absolute atomic E-state index is 12.2. The number of anilines is 2. The summed E-state index contributed by atoms with van der Waals surface area (Å²) in [7, 11) is 3.80. The van der Waals surface area contributed by atoms with Crippen molar-refractivity contribution in [2.45, 2.75) is 33.4 Å². The Hall–Kier alpha value is -2.38. The molecule has 25 heavy (non-hydrogen) atoms. The van der Waals surface area contributed by atoms with E-state index in [1.807, 2.05) is 51.9 Å². The highest BCUT2D eigenvalue weighted by Gasteiger charge is 2.11. The molecule has 2 aromatic rings. The molecule has 136 valence electrons. The lowest BCUT2D eigenvalue weighted by Crippen LogP contribution is -2.29. The minimum Gasteiger partial charge on any atom is -0.390 e. The number of hydrogen-bond donors (Lipinski definition) is 3. The minimum absolute atomic E-state index is 0.316. The fourth-order valence-corrected chi connectivity index (χ4v) is 2.88. The Morgan fingerprint density at radius 2 is 1.88 bits per heavy atom. The highest BCUT2D eigenvalue weighted by Crippen LogP contribution is 2.22. The van der Waals surface area contributed by atoms with E-state index < -0.39 is 6.10 Å². The van der Waals surface area contributed by atoms with Gasteiger partial charge in [-0.05, 0) is 46.0 Å². The molecular formula is C18H27N5O2. The molecule has 0 spiro atoms. The number of aliphatic hydroxyl groups is 1. The molecule has 2 rings (SSSR count). The van der Waals surface area contributed by atoms with Crippen molar-refractivity contribution in [3.8, 4) is 0 Å². The van der Waals surface area contributed by atoms with Crippen molar-refractivity contribution in [3.63, 3.8) is 0 Å². The molecule has 1 heterocycles. The Bertz CT molecular complexity index is 716. The fraction of sp³-hybridized carbons (Fsp3) is 0.444. The average Bonchev–Trinajstić information content (AvgIpc) is 2.88. The summed E-state index contributed by atoms with van der Waals surface area (Å²) in [5.74, 6) is 0. The summed E-state index contributed by atoms with van der Waals surface area (Å²) in [6.45, 7) is 6.90. The van der Waals surface area contributed by atoms with Crippen LogP contribution < -0.4 is 10.6 Å². The molecule has 1 aromatic heterocycles. The number of amides is 2. The lowest BCUT2D eigenvalue weighted by atomic mass is 10.1. The summed E-state index contributed by atoms with van der Waals surface area (Å²) < 4.78 is 1.62. The molecule has 0 bridgehead atoms. The quantitative estimate of drug-likeness (QED) is 0.751. The van der Waals surface area contributed by atoms with Crippen molar-refractivity contribution in [2.75, 3.05) is 31.3 Å². The maximum Gasteiger partial charge on any atom is 0.323 e. The van der Waals surface area contributed by atoms with E-state index in [4.69, 9.17) is 0 Å². The summed E-state index contributed by atoms with van der Waals surface area (Å²) in [6.07, 6.45) is 2.75. The van der Waals surface area contributed by atoms with Crippen LogP contribution in [-0.2, 0) is 6.54 Å². The predicted octanol–water partition coefficient (Wildman–Crippen LogP) is 2.37. The molecule has 1 atom stereocenters. The first-order valence-corrected chi connectivity index (χ1v) is 8.25. The molecule has 0 fully saturated rings. The number of nitrogens with one attached hydrogen (secondary N) is 2. The van der Waals surface area contributed by atoms with Gasteiger partial charge < -0.3 is 20.6 Å². The number of carbonyl (C=O) groups excluding carboxylic acids is 1. The van der Waals surface area contributed by atoms with E-state index in [2.05, 4.69) is 15.7 Å². The van der Waals surface area contributed by atoms with Crippen molar-refractivity contribution in [2.24, 2.45) is 0 Å². The molecular weight excluding hydrogens is 318 g/mol. The van der Waals surface area contributed by atoms with Crippen LogP contribution in [0.25, 0.3) is 0 Å². The van der Waals surface area contributed by atoms with Crippen LogP contribution in [0.15, 0.2) is 24.5 Å². The average molecular weight is 345 g/mol. The van der Waals surface area contributed by atoms with E-state index in [1.54, 1.807) is 17.1 Å². The second kappa shape index (κ2) is 8.13. The molecule has 7 heteroatoms. The van der Waals surface area contributed by atoms with Crippen LogP contribution in [0, 0.1) is 20.8 Å². The van der Waals surface area contributed by atoms with Gasteiger partial charge in [0.05, 0.1) is 24.5 Å². The molecule has 1 aromatic carbocycles. The van der Waals surface area contributed by atoms with Crippen LogP contribution >= 0.6 is 0 Å². The SMILES string of the molecule is Cc1cc(C)c(NC(=O)Nc2cnn(C[C@@H](O)CN(C)C)c2)c(C)c1. The Morgan fingerprint density at radius 3 is 2.48 bits per heavy atom. The molecule has 0 saturated carbocycles. The van der Waals surface area contributed by atoms with Crippen LogP contribution in [0.4, 0.5) is 16.2 Å². The second-order valence-corrected chi connectivity index (χ2v) is 6.72. The summed E-state index contributed by atoms with van der Waals surface area (Å²) in [5, 5.41) is 19.8. The number of hydrogen-bond acceptors (Lipinski definition) is 4. The zero-order valence-electron chi connectivity index (χ0n) is 15.5. The maximum atomic E-state index is 12.2. The highest BCUT2D eigenvalue weighted by molar-refractivity contribution is 6.00. The van der Waals surface area contributed by atoms with Crippen LogP contribution in [0.1, 0.15) is 16.7 Å². The molecule has 0 aliphatic rings. The van der Waals surface area contributed by atoms with E-state index in [0.29, 0.717) is 18.8 Å². The minimum atomic E-state index is -0.519. The van der Waals surface area contributed by atoms with Gasteiger partial charge in [0.1, 0.15) is 0 Å². The first kappa shape index (κ1) is 19.0. The number of urea groups is 1. The van der Waals surface area contributed by atoms with Gasteiger partial charge >= 0.3 is 6.03 Å². The Morgan fingerprint density at radius 1 is 1.24 bits per heavy atom.